The first-order valence-corrected chi connectivity index (χ1v) is 5.87. The first-order chi connectivity index (χ1) is 8.16. The van der Waals surface area contributed by atoms with Gasteiger partial charge in [-0.05, 0) is 18.4 Å². The normalized spacial score (nSPS) is 12.5. The van der Waals surface area contributed by atoms with E-state index in [1.165, 1.54) is 11.3 Å². The maximum atomic E-state index is 10.6. The van der Waals surface area contributed by atoms with Crippen LogP contribution in [0.3, 0.4) is 0 Å². The Labute approximate surface area is 101 Å². The molecule has 1 atom stereocenters. The molecule has 6 nitrogen and oxygen atoms in total. The van der Waals surface area contributed by atoms with Crippen LogP contribution in [-0.4, -0.2) is 27.3 Å². The van der Waals surface area contributed by atoms with Crippen LogP contribution in [0.25, 0.3) is 10.8 Å². The van der Waals surface area contributed by atoms with Gasteiger partial charge in [0.2, 0.25) is 5.89 Å². The van der Waals surface area contributed by atoms with Crippen LogP contribution in [-0.2, 0) is 11.3 Å². The van der Waals surface area contributed by atoms with Crippen molar-refractivity contribution in [3.63, 3.8) is 0 Å². The van der Waals surface area contributed by atoms with E-state index in [9.17, 15) is 4.79 Å². The van der Waals surface area contributed by atoms with Gasteiger partial charge in [0.15, 0.2) is 0 Å². The molecule has 0 aliphatic heterocycles. The number of aromatic nitrogens is 2. The molecule has 17 heavy (non-hydrogen) atoms. The van der Waals surface area contributed by atoms with Gasteiger partial charge in [0.05, 0.1) is 11.4 Å². The van der Waals surface area contributed by atoms with Crippen molar-refractivity contribution >= 4 is 17.3 Å². The van der Waals surface area contributed by atoms with Gasteiger partial charge in [-0.1, -0.05) is 6.07 Å². The number of aliphatic carboxylic acids is 1. The van der Waals surface area contributed by atoms with Gasteiger partial charge in [-0.3, -0.25) is 10.1 Å². The Kier molecular flexibility index (Phi) is 3.50. The van der Waals surface area contributed by atoms with E-state index >= 15 is 0 Å². The molecule has 0 spiro atoms. The van der Waals surface area contributed by atoms with E-state index in [0.29, 0.717) is 11.8 Å². The lowest BCUT2D eigenvalue weighted by Crippen LogP contribution is -2.33. The van der Waals surface area contributed by atoms with Crippen molar-refractivity contribution < 1.29 is 14.3 Å². The van der Waals surface area contributed by atoms with Crippen molar-refractivity contribution in [1.82, 2.24) is 15.5 Å². The van der Waals surface area contributed by atoms with E-state index in [0.717, 1.165) is 4.88 Å². The highest BCUT2D eigenvalue weighted by Crippen LogP contribution is 2.22. The molecule has 2 heterocycles. The molecule has 2 aromatic heterocycles. The molecule has 0 aliphatic carbocycles. The second kappa shape index (κ2) is 5.07. The molecule has 0 fully saturated rings. The summed E-state index contributed by atoms with van der Waals surface area (Å²) in [7, 11) is 0. The monoisotopic (exact) mass is 253 g/mol. The Hall–Kier alpha value is -1.73. The molecule has 2 aromatic rings. The summed E-state index contributed by atoms with van der Waals surface area (Å²) in [6, 6.07) is 3.14. The predicted molar refractivity (Wildman–Crippen MR) is 61.5 cm³/mol. The molecule has 2 rings (SSSR count). The number of hydrogen-bond acceptors (Lipinski definition) is 6. The smallest absolute Gasteiger partial charge is 0.320 e. The lowest BCUT2D eigenvalue weighted by atomic mass is 10.3. The number of rotatable bonds is 5. The number of carbonyl (C=O) groups is 1. The zero-order chi connectivity index (χ0) is 12.3. The standard InChI is InChI=1S/C10H11N3O3S/c1-6(10(14)15)11-5-8-12-13-9(16-8)7-3-2-4-17-7/h2-4,6,11H,5H2,1H3,(H,14,15)/t6-/m1/s1. The maximum absolute atomic E-state index is 10.6. The summed E-state index contributed by atoms with van der Waals surface area (Å²) in [6.07, 6.45) is 0. The fourth-order valence-corrected chi connectivity index (χ4v) is 1.80. The summed E-state index contributed by atoms with van der Waals surface area (Å²) < 4.78 is 5.39. The van der Waals surface area contributed by atoms with E-state index in [2.05, 4.69) is 15.5 Å². The topological polar surface area (TPSA) is 88.3 Å². The number of nitrogens with zero attached hydrogens (tertiary/aromatic N) is 2. The van der Waals surface area contributed by atoms with Gasteiger partial charge in [0, 0.05) is 0 Å². The molecule has 0 aromatic carbocycles. The van der Waals surface area contributed by atoms with Gasteiger partial charge in [-0.15, -0.1) is 21.5 Å². The average molecular weight is 253 g/mol. The molecule has 0 saturated heterocycles. The number of carboxylic acids is 1. The van der Waals surface area contributed by atoms with Gasteiger partial charge in [-0.25, -0.2) is 0 Å². The predicted octanol–water partition coefficient (Wildman–Crippen LogP) is 1.36. The highest BCUT2D eigenvalue weighted by atomic mass is 32.1. The zero-order valence-electron chi connectivity index (χ0n) is 9.08. The average Bonchev–Trinajstić information content (AvgIpc) is 2.95. The summed E-state index contributed by atoms with van der Waals surface area (Å²) in [5.41, 5.74) is 0. The third-order valence-corrected chi connectivity index (χ3v) is 2.99. The molecule has 90 valence electrons. The number of nitrogens with one attached hydrogen (secondary N) is 1. The summed E-state index contributed by atoms with van der Waals surface area (Å²) >= 11 is 1.51. The lowest BCUT2D eigenvalue weighted by molar-refractivity contribution is -0.139. The van der Waals surface area contributed by atoms with Crippen LogP contribution >= 0.6 is 11.3 Å². The first kappa shape index (κ1) is 11.7. The van der Waals surface area contributed by atoms with Crippen LogP contribution in [0.5, 0.6) is 0 Å². The van der Waals surface area contributed by atoms with E-state index in [4.69, 9.17) is 9.52 Å². The Bertz CT molecular complexity index is 495. The largest absolute Gasteiger partial charge is 0.480 e. The van der Waals surface area contributed by atoms with Crippen molar-refractivity contribution in [2.24, 2.45) is 0 Å². The second-order valence-electron chi connectivity index (χ2n) is 3.42. The maximum Gasteiger partial charge on any atom is 0.320 e. The minimum absolute atomic E-state index is 0.242. The molecule has 0 saturated carbocycles. The number of hydrogen-bond donors (Lipinski definition) is 2. The molecular formula is C10H11N3O3S. The molecule has 7 heteroatoms. The summed E-state index contributed by atoms with van der Waals surface area (Å²) in [4.78, 5) is 11.5. The minimum Gasteiger partial charge on any atom is -0.480 e. The van der Waals surface area contributed by atoms with Crippen molar-refractivity contribution in [2.45, 2.75) is 19.5 Å². The van der Waals surface area contributed by atoms with Crippen LogP contribution in [0.1, 0.15) is 12.8 Å². The van der Waals surface area contributed by atoms with Crippen molar-refractivity contribution in [1.29, 1.82) is 0 Å². The van der Waals surface area contributed by atoms with Gasteiger partial charge < -0.3 is 9.52 Å². The molecule has 0 radical (unpaired) electrons. The second-order valence-corrected chi connectivity index (χ2v) is 4.37. The third-order valence-electron chi connectivity index (χ3n) is 2.13. The number of thiophene rings is 1. The van der Waals surface area contributed by atoms with Crippen molar-refractivity contribution in [3.05, 3.63) is 23.4 Å². The fraction of sp³-hybridized carbons (Fsp3) is 0.300. The van der Waals surface area contributed by atoms with E-state index in [1.807, 2.05) is 17.5 Å². The summed E-state index contributed by atoms with van der Waals surface area (Å²) in [6.45, 7) is 1.80. The minimum atomic E-state index is -0.914. The Balaban J connectivity index is 1.97. The number of carboxylic acid groups (broad SMARTS) is 1. The molecule has 0 unspecified atom stereocenters. The van der Waals surface area contributed by atoms with Gasteiger partial charge in [0.1, 0.15) is 6.04 Å². The summed E-state index contributed by atoms with van der Waals surface area (Å²) in [5, 5.41) is 21.1. The van der Waals surface area contributed by atoms with Crippen LogP contribution < -0.4 is 5.32 Å². The van der Waals surface area contributed by atoms with E-state index in [1.54, 1.807) is 6.92 Å². The Morgan fingerprint density at radius 2 is 2.47 bits per heavy atom. The van der Waals surface area contributed by atoms with Crippen LogP contribution in [0.15, 0.2) is 21.9 Å². The van der Waals surface area contributed by atoms with Crippen molar-refractivity contribution in [2.75, 3.05) is 0 Å². The van der Waals surface area contributed by atoms with E-state index < -0.39 is 12.0 Å². The lowest BCUT2D eigenvalue weighted by Gasteiger charge is -2.05. The molecule has 0 amide bonds. The highest BCUT2D eigenvalue weighted by molar-refractivity contribution is 7.13. The van der Waals surface area contributed by atoms with Gasteiger partial charge >= 0.3 is 5.97 Å². The molecule has 0 bridgehead atoms. The van der Waals surface area contributed by atoms with Crippen molar-refractivity contribution in [3.8, 4) is 10.8 Å². The van der Waals surface area contributed by atoms with Gasteiger partial charge in [0.25, 0.3) is 5.89 Å². The van der Waals surface area contributed by atoms with Crippen LogP contribution in [0.2, 0.25) is 0 Å². The molecular weight excluding hydrogens is 242 g/mol. The molecule has 2 N–H and O–H groups in total. The molecule has 0 aliphatic rings. The highest BCUT2D eigenvalue weighted by Gasteiger charge is 2.13. The van der Waals surface area contributed by atoms with Crippen LogP contribution in [0.4, 0.5) is 0 Å². The Morgan fingerprint density at radius 3 is 3.12 bits per heavy atom. The Morgan fingerprint density at radius 1 is 1.65 bits per heavy atom. The van der Waals surface area contributed by atoms with Gasteiger partial charge in [-0.2, -0.15) is 0 Å². The third kappa shape index (κ3) is 2.89. The quantitative estimate of drug-likeness (QED) is 0.836. The van der Waals surface area contributed by atoms with Crippen LogP contribution in [0, 0.1) is 0 Å². The SMILES string of the molecule is C[C@@H](NCc1nnc(-c2cccs2)o1)C(=O)O. The first-order valence-electron chi connectivity index (χ1n) is 4.99. The van der Waals surface area contributed by atoms with E-state index in [-0.39, 0.29) is 6.54 Å². The summed E-state index contributed by atoms with van der Waals surface area (Å²) in [5.74, 6) is -0.0794. The zero-order valence-corrected chi connectivity index (χ0v) is 9.90. The fourth-order valence-electron chi connectivity index (χ4n) is 1.15.